The highest BCUT2D eigenvalue weighted by molar-refractivity contribution is 5.98. The Labute approximate surface area is 204 Å². The molecule has 5 rings (SSSR count). The number of nitrogens with zero attached hydrogens (tertiary/aromatic N) is 6. The Bertz CT molecular complexity index is 1430. The molecule has 9 nitrogen and oxygen atoms in total. The molecule has 0 aliphatic carbocycles. The fraction of sp³-hybridized carbons (Fsp3) is 0.385. The molecule has 3 aromatic rings. The molecular weight excluding hydrogens is 444 g/mol. The molecule has 0 radical (unpaired) electrons. The minimum atomic E-state index is -0.101. The Morgan fingerprint density at radius 1 is 1.11 bits per heavy atom. The molecule has 0 N–H and O–H groups in total. The number of pyridine rings is 2. The van der Waals surface area contributed by atoms with Gasteiger partial charge in [0.1, 0.15) is 5.75 Å². The first-order chi connectivity index (χ1) is 16.8. The van der Waals surface area contributed by atoms with Crippen LogP contribution in [-0.4, -0.2) is 59.2 Å². The minimum Gasteiger partial charge on any atom is -0.482 e. The van der Waals surface area contributed by atoms with Gasteiger partial charge in [-0.15, -0.1) is 4.98 Å². The maximum absolute atomic E-state index is 12.7. The van der Waals surface area contributed by atoms with E-state index in [-0.39, 0.29) is 30.2 Å². The maximum atomic E-state index is 12.7. The Morgan fingerprint density at radius 2 is 1.91 bits per heavy atom. The number of benzene rings is 1. The van der Waals surface area contributed by atoms with E-state index in [0.717, 1.165) is 29.2 Å². The van der Waals surface area contributed by atoms with Crippen LogP contribution in [0.5, 0.6) is 5.75 Å². The summed E-state index contributed by atoms with van der Waals surface area (Å²) in [6, 6.07) is 11.3. The van der Waals surface area contributed by atoms with E-state index in [0.29, 0.717) is 29.9 Å². The fourth-order valence-electron chi connectivity index (χ4n) is 5.11. The van der Waals surface area contributed by atoms with E-state index < -0.39 is 0 Å². The molecule has 1 fully saturated rings. The van der Waals surface area contributed by atoms with Gasteiger partial charge in [-0.2, -0.15) is 0 Å². The van der Waals surface area contributed by atoms with Crippen molar-refractivity contribution in [1.29, 1.82) is 0 Å². The maximum Gasteiger partial charge on any atom is 0.270 e. The summed E-state index contributed by atoms with van der Waals surface area (Å²) in [5, 5.41) is 0. The average molecular weight is 473 g/mol. The lowest BCUT2D eigenvalue weighted by Gasteiger charge is -2.45. The van der Waals surface area contributed by atoms with Crippen molar-refractivity contribution in [2.45, 2.75) is 32.5 Å². The number of piperazine rings is 1. The van der Waals surface area contributed by atoms with Gasteiger partial charge in [-0.25, -0.2) is 0 Å². The molecule has 1 aromatic carbocycles. The number of ether oxygens (including phenoxy) is 1. The highest BCUT2D eigenvalue weighted by Gasteiger charge is 2.33. The van der Waals surface area contributed by atoms with E-state index in [9.17, 15) is 9.59 Å². The number of aryl methyl sites for hydroxylation is 1. The summed E-state index contributed by atoms with van der Waals surface area (Å²) in [5.41, 5.74) is 3.93. The van der Waals surface area contributed by atoms with Crippen molar-refractivity contribution >= 4 is 34.1 Å². The monoisotopic (exact) mass is 472 g/mol. The van der Waals surface area contributed by atoms with Crippen molar-refractivity contribution in [2.24, 2.45) is 7.05 Å². The molecule has 2 atom stereocenters. The SMILES string of the molecule is [C-]#[N+]c1ccc2c(n1)c(N1C[C@@H](C)N(Cc3cccc4c3N(C)C(=O)CO4)C[C@@H]1C)cc(=O)n2C. The smallest absolute Gasteiger partial charge is 0.270 e. The van der Waals surface area contributed by atoms with Crippen LogP contribution in [0.1, 0.15) is 19.4 Å². The zero-order chi connectivity index (χ0) is 24.9. The van der Waals surface area contributed by atoms with Gasteiger partial charge in [0.05, 0.1) is 16.9 Å². The molecule has 9 heteroatoms. The molecule has 1 saturated heterocycles. The van der Waals surface area contributed by atoms with Crippen molar-refractivity contribution in [1.82, 2.24) is 14.5 Å². The van der Waals surface area contributed by atoms with E-state index in [1.165, 1.54) is 0 Å². The van der Waals surface area contributed by atoms with Crippen molar-refractivity contribution in [3.05, 3.63) is 63.7 Å². The number of fused-ring (bicyclic) bond motifs is 2. The van der Waals surface area contributed by atoms with Gasteiger partial charge in [-0.05, 0) is 37.6 Å². The van der Waals surface area contributed by atoms with E-state index in [4.69, 9.17) is 11.3 Å². The molecular formula is C26H28N6O3. The molecule has 2 aliphatic rings. The molecule has 0 unspecified atom stereocenters. The number of para-hydroxylation sites is 1. The number of aromatic nitrogens is 2. The normalized spacial score (nSPS) is 20.5. The van der Waals surface area contributed by atoms with Crippen LogP contribution in [-0.2, 0) is 18.4 Å². The molecule has 0 bridgehead atoms. The average Bonchev–Trinajstić information content (AvgIpc) is 2.85. The first-order valence-corrected chi connectivity index (χ1v) is 11.7. The summed E-state index contributed by atoms with van der Waals surface area (Å²) >= 11 is 0. The molecule has 35 heavy (non-hydrogen) atoms. The van der Waals surface area contributed by atoms with Gasteiger partial charge in [0.2, 0.25) is 5.52 Å². The lowest BCUT2D eigenvalue weighted by atomic mass is 10.0. The second-order valence-electron chi connectivity index (χ2n) is 9.36. The predicted octanol–water partition coefficient (Wildman–Crippen LogP) is 2.94. The third kappa shape index (κ3) is 3.90. The molecule has 4 heterocycles. The standard InChI is InChI=1S/C26H28N6O3/c1-16-13-32(20-11-23(33)29(4)19-9-10-22(27-3)28-25(19)20)17(2)12-31(16)14-18-7-6-8-21-26(18)30(5)24(34)15-35-21/h6-11,16-17H,12-15H2,1-2,4-5H3/t16-,17+/m1/s1. The number of amides is 1. The van der Waals surface area contributed by atoms with Gasteiger partial charge in [0.25, 0.3) is 17.3 Å². The second-order valence-corrected chi connectivity index (χ2v) is 9.36. The van der Waals surface area contributed by atoms with E-state index in [1.54, 1.807) is 41.8 Å². The summed E-state index contributed by atoms with van der Waals surface area (Å²) in [4.78, 5) is 39.3. The van der Waals surface area contributed by atoms with E-state index in [2.05, 4.69) is 33.5 Å². The second kappa shape index (κ2) is 8.71. The third-order valence-electron chi connectivity index (χ3n) is 7.11. The van der Waals surface area contributed by atoms with Crippen LogP contribution in [0.4, 0.5) is 17.2 Å². The number of likely N-dealkylation sites (N-methyl/N-ethyl adjacent to an activating group) is 1. The topological polar surface area (TPSA) is 75.3 Å². The van der Waals surface area contributed by atoms with Crippen LogP contribution >= 0.6 is 0 Å². The molecule has 1 amide bonds. The first kappa shape index (κ1) is 22.9. The first-order valence-electron chi connectivity index (χ1n) is 11.7. The number of carbonyl (C=O) groups excluding carboxylic acids is 1. The number of hydrogen-bond donors (Lipinski definition) is 0. The number of anilines is 2. The highest BCUT2D eigenvalue weighted by atomic mass is 16.5. The van der Waals surface area contributed by atoms with Gasteiger partial charge in [-0.3, -0.25) is 14.5 Å². The van der Waals surface area contributed by atoms with Crippen LogP contribution in [0.3, 0.4) is 0 Å². The van der Waals surface area contributed by atoms with Crippen molar-refractivity contribution in [2.75, 3.05) is 36.5 Å². The zero-order valence-corrected chi connectivity index (χ0v) is 20.4. The van der Waals surface area contributed by atoms with Gasteiger partial charge in [0, 0.05) is 51.9 Å². The van der Waals surface area contributed by atoms with Crippen molar-refractivity contribution < 1.29 is 9.53 Å². The quantitative estimate of drug-likeness (QED) is 0.546. The Kier molecular flexibility index (Phi) is 5.69. The molecule has 2 aromatic heterocycles. The number of carbonyl (C=O) groups is 1. The van der Waals surface area contributed by atoms with E-state index >= 15 is 0 Å². The predicted molar refractivity (Wildman–Crippen MR) is 135 cm³/mol. The lowest BCUT2D eigenvalue weighted by molar-refractivity contribution is -0.121. The highest BCUT2D eigenvalue weighted by Crippen LogP contribution is 2.36. The van der Waals surface area contributed by atoms with Gasteiger partial charge in [-0.1, -0.05) is 18.7 Å². The molecule has 0 spiro atoms. The van der Waals surface area contributed by atoms with Crippen LogP contribution in [0.15, 0.2) is 41.2 Å². The van der Waals surface area contributed by atoms with Gasteiger partial charge < -0.3 is 23.9 Å². The zero-order valence-electron chi connectivity index (χ0n) is 20.4. The minimum absolute atomic E-state index is 0.0556. The Balaban J connectivity index is 1.46. The summed E-state index contributed by atoms with van der Waals surface area (Å²) in [6.07, 6.45) is 0. The molecule has 2 aliphatic heterocycles. The van der Waals surface area contributed by atoms with Crippen LogP contribution in [0.2, 0.25) is 0 Å². The van der Waals surface area contributed by atoms with Crippen LogP contribution < -0.4 is 20.1 Å². The van der Waals surface area contributed by atoms with Gasteiger partial charge in [0.15, 0.2) is 6.61 Å². The summed E-state index contributed by atoms with van der Waals surface area (Å²) in [6.45, 7) is 13.9. The van der Waals surface area contributed by atoms with Crippen LogP contribution in [0, 0.1) is 6.57 Å². The summed E-state index contributed by atoms with van der Waals surface area (Å²) < 4.78 is 7.23. The van der Waals surface area contributed by atoms with Crippen molar-refractivity contribution in [3.8, 4) is 5.75 Å². The van der Waals surface area contributed by atoms with Crippen LogP contribution in [0.25, 0.3) is 15.9 Å². The van der Waals surface area contributed by atoms with E-state index in [1.807, 2.05) is 18.2 Å². The Hall–Kier alpha value is -3.90. The van der Waals surface area contributed by atoms with Crippen molar-refractivity contribution in [3.63, 3.8) is 0 Å². The lowest BCUT2D eigenvalue weighted by Crippen LogP contribution is -2.56. The summed E-state index contributed by atoms with van der Waals surface area (Å²) in [7, 11) is 3.52. The number of hydrogen-bond acceptors (Lipinski definition) is 6. The molecule has 0 saturated carbocycles. The largest absolute Gasteiger partial charge is 0.482 e. The third-order valence-corrected chi connectivity index (χ3v) is 7.11. The Morgan fingerprint density at radius 3 is 2.69 bits per heavy atom. The fourth-order valence-corrected chi connectivity index (χ4v) is 5.11. The number of rotatable bonds is 3. The molecule has 180 valence electrons. The summed E-state index contributed by atoms with van der Waals surface area (Å²) in [5.74, 6) is 0.990. The van der Waals surface area contributed by atoms with Gasteiger partial charge >= 0.3 is 0 Å².